The lowest BCUT2D eigenvalue weighted by atomic mass is 9.99. The van der Waals surface area contributed by atoms with E-state index in [4.69, 9.17) is 19.3 Å². The number of ether oxygens (including phenoxy) is 3. The van der Waals surface area contributed by atoms with Crippen molar-refractivity contribution in [3.8, 4) is 40.2 Å². The Hall–Kier alpha value is -3.17. The van der Waals surface area contributed by atoms with Crippen molar-refractivity contribution in [3.05, 3.63) is 41.5 Å². The molecule has 0 aliphatic carbocycles. The van der Waals surface area contributed by atoms with E-state index in [0.717, 1.165) is 0 Å². The lowest BCUT2D eigenvalue weighted by molar-refractivity contribution is 0.0697. The first kappa shape index (κ1) is 20.1. The minimum Gasteiger partial charge on any atom is -0.493 e. The van der Waals surface area contributed by atoms with Gasteiger partial charge in [-0.2, -0.15) is 0 Å². The molecule has 0 aliphatic rings. The molecule has 0 spiro atoms. The van der Waals surface area contributed by atoms with E-state index in [9.17, 15) is 9.90 Å². The fourth-order valence-electron chi connectivity index (χ4n) is 2.57. The van der Waals surface area contributed by atoms with Crippen LogP contribution in [0.3, 0.4) is 0 Å². The van der Waals surface area contributed by atoms with Crippen LogP contribution >= 0.6 is 0 Å². The zero-order chi connectivity index (χ0) is 19.8. The summed E-state index contributed by atoms with van der Waals surface area (Å²) in [4.78, 5) is 11.5. The summed E-state index contributed by atoms with van der Waals surface area (Å²) in [5.41, 5.74) is 2.09. The van der Waals surface area contributed by atoms with Crippen LogP contribution in [0.4, 0.5) is 0 Å². The van der Waals surface area contributed by atoms with Crippen LogP contribution in [-0.4, -0.2) is 44.1 Å². The van der Waals surface area contributed by atoms with E-state index >= 15 is 0 Å². The van der Waals surface area contributed by atoms with E-state index in [-0.39, 0.29) is 12.2 Å². The third-order valence-corrected chi connectivity index (χ3v) is 3.87. The lowest BCUT2D eigenvalue weighted by Crippen LogP contribution is -1.99. The summed E-state index contributed by atoms with van der Waals surface area (Å²) in [5.74, 6) is 6.26. The first-order chi connectivity index (χ1) is 13.0. The molecular formula is C21H22O6. The first-order valence-corrected chi connectivity index (χ1v) is 8.32. The molecule has 0 atom stereocenters. The van der Waals surface area contributed by atoms with Gasteiger partial charge in [-0.25, -0.2) is 4.79 Å². The molecule has 0 heterocycles. The van der Waals surface area contributed by atoms with Crippen LogP contribution in [0.25, 0.3) is 11.1 Å². The van der Waals surface area contributed by atoms with Crippen molar-refractivity contribution in [2.24, 2.45) is 0 Å². The van der Waals surface area contributed by atoms with Gasteiger partial charge in [-0.15, -0.1) is 0 Å². The van der Waals surface area contributed by atoms with E-state index in [1.807, 2.05) is 0 Å². The van der Waals surface area contributed by atoms with E-state index in [1.165, 1.54) is 27.4 Å². The van der Waals surface area contributed by atoms with Crippen molar-refractivity contribution in [2.45, 2.75) is 12.8 Å². The molecule has 142 valence electrons. The van der Waals surface area contributed by atoms with Gasteiger partial charge in [-0.3, -0.25) is 0 Å². The molecule has 6 nitrogen and oxygen atoms in total. The maximum atomic E-state index is 11.5. The Morgan fingerprint density at radius 2 is 1.59 bits per heavy atom. The van der Waals surface area contributed by atoms with Crippen LogP contribution in [-0.2, 0) is 0 Å². The number of carboxylic acid groups (broad SMARTS) is 1. The van der Waals surface area contributed by atoms with Crippen molar-refractivity contribution in [1.29, 1.82) is 0 Å². The molecule has 0 amide bonds. The molecule has 2 rings (SSSR count). The summed E-state index contributed by atoms with van der Waals surface area (Å²) < 4.78 is 16.1. The number of carbonyl (C=O) groups is 1. The second-order valence-electron chi connectivity index (χ2n) is 5.65. The summed E-state index contributed by atoms with van der Waals surface area (Å²) in [6, 6.07) is 8.41. The monoisotopic (exact) mass is 370 g/mol. The van der Waals surface area contributed by atoms with E-state index in [0.29, 0.717) is 46.8 Å². The Kier molecular flexibility index (Phi) is 7.09. The fraction of sp³-hybridized carbons (Fsp3) is 0.286. The summed E-state index contributed by atoms with van der Waals surface area (Å²) in [5, 5.41) is 18.3. The van der Waals surface area contributed by atoms with Crippen LogP contribution < -0.4 is 14.2 Å². The van der Waals surface area contributed by atoms with Crippen LogP contribution in [0, 0.1) is 11.8 Å². The molecule has 0 unspecified atom stereocenters. The van der Waals surface area contributed by atoms with Crippen molar-refractivity contribution in [3.63, 3.8) is 0 Å². The van der Waals surface area contributed by atoms with E-state index < -0.39 is 5.97 Å². The third-order valence-electron chi connectivity index (χ3n) is 3.87. The van der Waals surface area contributed by atoms with Gasteiger partial charge < -0.3 is 24.4 Å². The third kappa shape index (κ3) is 4.93. The molecule has 0 saturated carbocycles. The van der Waals surface area contributed by atoms with Crippen LogP contribution in [0.2, 0.25) is 0 Å². The highest BCUT2D eigenvalue weighted by atomic mass is 16.5. The number of methoxy groups -OCH3 is 3. The highest BCUT2D eigenvalue weighted by Gasteiger charge is 2.15. The van der Waals surface area contributed by atoms with Gasteiger partial charge in [0.25, 0.3) is 0 Å². The van der Waals surface area contributed by atoms with Crippen molar-refractivity contribution >= 4 is 5.97 Å². The number of carboxylic acids is 1. The molecule has 0 aliphatic heterocycles. The summed E-state index contributed by atoms with van der Waals surface area (Å²) in [7, 11) is 4.56. The minimum absolute atomic E-state index is 0.0700. The predicted molar refractivity (Wildman–Crippen MR) is 102 cm³/mol. The topological polar surface area (TPSA) is 85.2 Å². The average Bonchev–Trinajstić information content (AvgIpc) is 2.69. The largest absolute Gasteiger partial charge is 0.493 e. The Morgan fingerprint density at radius 1 is 0.963 bits per heavy atom. The SMILES string of the molecule is COc1cc(-c2cc(C#CCCCO)cc(C(=O)O)c2)cc(OC)c1OC. The van der Waals surface area contributed by atoms with Gasteiger partial charge in [-0.05, 0) is 47.9 Å². The molecule has 6 heteroatoms. The molecule has 0 aromatic heterocycles. The zero-order valence-electron chi connectivity index (χ0n) is 15.5. The molecule has 0 saturated heterocycles. The molecule has 2 N–H and O–H groups in total. The summed E-state index contributed by atoms with van der Waals surface area (Å²) in [6.07, 6.45) is 1.11. The Morgan fingerprint density at radius 3 is 2.11 bits per heavy atom. The number of hydrogen-bond donors (Lipinski definition) is 2. The van der Waals surface area contributed by atoms with Gasteiger partial charge in [0.05, 0.1) is 26.9 Å². The maximum absolute atomic E-state index is 11.5. The maximum Gasteiger partial charge on any atom is 0.335 e. The van der Waals surface area contributed by atoms with Crippen molar-refractivity contribution in [1.82, 2.24) is 0 Å². The molecule has 2 aromatic carbocycles. The quantitative estimate of drug-likeness (QED) is 0.575. The van der Waals surface area contributed by atoms with Gasteiger partial charge in [0.1, 0.15) is 0 Å². The number of hydrogen-bond acceptors (Lipinski definition) is 5. The summed E-state index contributed by atoms with van der Waals surface area (Å²) >= 11 is 0. The van der Waals surface area contributed by atoms with Gasteiger partial charge >= 0.3 is 5.97 Å². The number of benzene rings is 2. The standard InChI is InChI=1S/C21H22O6/c1-25-18-12-16(13-19(26-2)20(18)27-3)15-9-14(7-5-4-6-8-22)10-17(11-15)21(23)24/h9-13,22H,4,6,8H2,1-3H3,(H,23,24). The van der Waals surface area contributed by atoms with Gasteiger partial charge in [0, 0.05) is 18.6 Å². The van der Waals surface area contributed by atoms with Crippen molar-refractivity contribution < 1.29 is 29.2 Å². The smallest absolute Gasteiger partial charge is 0.335 e. The predicted octanol–water partition coefficient (Wildman–Crippen LogP) is 3.20. The highest BCUT2D eigenvalue weighted by molar-refractivity contribution is 5.90. The Bertz CT molecular complexity index is 851. The summed E-state index contributed by atoms with van der Waals surface area (Å²) in [6.45, 7) is 0.0700. The molecule has 0 radical (unpaired) electrons. The number of rotatable bonds is 7. The first-order valence-electron chi connectivity index (χ1n) is 8.32. The minimum atomic E-state index is -1.04. The van der Waals surface area contributed by atoms with Gasteiger partial charge in [0.15, 0.2) is 11.5 Å². The molecule has 0 fully saturated rings. The number of aromatic carboxylic acids is 1. The van der Waals surface area contributed by atoms with Crippen molar-refractivity contribution in [2.75, 3.05) is 27.9 Å². The second kappa shape index (κ2) is 9.51. The molecular weight excluding hydrogens is 348 g/mol. The Labute approximate surface area is 158 Å². The zero-order valence-corrected chi connectivity index (χ0v) is 15.5. The number of aliphatic hydroxyl groups excluding tert-OH is 1. The number of aliphatic hydroxyl groups is 1. The average molecular weight is 370 g/mol. The number of unbranched alkanes of at least 4 members (excludes halogenated alkanes) is 1. The molecule has 27 heavy (non-hydrogen) atoms. The van der Waals surface area contributed by atoms with Crippen LogP contribution in [0.1, 0.15) is 28.8 Å². The lowest BCUT2D eigenvalue weighted by Gasteiger charge is -2.14. The van der Waals surface area contributed by atoms with E-state index in [1.54, 1.807) is 24.3 Å². The van der Waals surface area contributed by atoms with Gasteiger partial charge in [0.2, 0.25) is 5.75 Å². The van der Waals surface area contributed by atoms with Crippen LogP contribution in [0.15, 0.2) is 30.3 Å². The highest BCUT2D eigenvalue weighted by Crippen LogP contribution is 2.41. The molecule has 2 aromatic rings. The Balaban J connectivity index is 2.57. The van der Waals surface area contributed by atoms with E-state index in [2.05, 4.69) is 11.8 Å². The second-order valence-corrected chi connectivity index (χ2v) is 5.65. The van der Waals surface area contributed by atoms with Crippen LogP contribution in [0.5, 0.6) is 17.2 Å². The fourth-order valence-corrected chi connectivity index (χ4v) is 2.57. The normalized spacial score (nSPS) is 9.93. The molecule has 0 bridgehead atoms. The van der Waals surface area contributed by atoms with Gasteiger partial charge in [-0.1, -0.05) is 11.8 Å².